The molecule has 0 amide bonds. The molecule has 106 valence electrons. The average Bonchev–Trinajstić information content (AvgIpc) is 2.33. The van der Waals surface area contributed by atoms with Crippen molar-refractivity contribution < 1.29 is 0 Å². The van der Waals surface area contributed by atoms with E-state index in [0.717, 1.165) is 22.2 Å². The Labute approximate surface area is 133 Å². The van der Waals surface area contributed by atoms with Crippen molar-refractivity contribution in [1.82, 2.24) is 5.32 Å². The molecule has 1 fully saturated rings. The van der Waals surface area contributed by atoms with Gasteiger partial charge in [-0.15, -0.1) is 0 Å². The molecular weight excluding hydrogens is 366 g/mol. The largest absolute Gasteiger partial charge is 0.313 e. The monoisotopic (exact) mass is 387 g/mol. The standard InChI is InChI=1S/C16H23Br2N/c1-10-6-11(2)8-12(7-10)16(19-3)14-9-13(17)4-5-15(14)18/h4-5,9-12,16,19H,6-8H2,1-3H3. The Morgan fingerprint density at radius 1 is 1.11 bits per heavy atom. The molecule has 1 N–H and O–H groups in total. The molecule has 19 heavy (non-hydrogen) atoms. The lowest BCUT2D eigenvalue weighted by Gasteiger charge is -2.37. The zero-order valence-corrected chi connectivity index (χ0v) is 15.1. The second kappa shape index (κ2) is 6.73. The van der Waals surface area contributed by atoms with E-state index >= 15 is 0 Å². The quantitative estimate of drug-likeness (QED) is 0.716. The van der Waals surface area contributed by atoms with Crippen LogP contribution in [0.25, 0.3) is 0 Å². The summed E-state index contributed by atoms with van der Waals surface area (Å²) in [6, 6.07) is 6.92. The van der Waals surface area contributed by atoms with Gasteiger partial charge in [-0.25, -0.2) is 0 Å². The predicted molar refractivity (Wildman–Crippen MR) is 89.3 cm³/mol. The van der Waals surface area contributed by atoms with Gasteiger partial charge < -0.3 is 5.32 Å². The molecule has 0 spiro atoms. The highest BCUT2D eigenvalue weighted by Gasteiger charge is 2.31. The lowest BCUT2D eigenvalue weighted by atomic mass is 9.72. The highest BCUT2D eigenvalue weighted by molar-refractivity contribution is 9.11. The number of benzene rings is 1. The van der Waals surface area contributed by atoms with Crippen molar-refractivity contribution in [3.8, 4) is 0 Å². The van der Waals surface area contributed by atoms with E-state index in [1.54, 1.807) is 0 Å². The number of rotatable bonds is 3. The highest BCUT2D eigenvalue weighted by atomic mass is 79.9. The van der Waals surface area contributed by atoms with E-state index in [4.69, 9.17) is 0 Å². The van der Waals surface area contributed by atoms with Gasteiger partial charge in [0.1, 0.15) is 0 Å². The molecule has 0 heterocycles. The summed E-state index contributed by atoms with van der Waals surface area (Å²) in [5.41, 5.74) is 1.38. The highest BCUT2D eigenvalue weighted by Crippen LogP contribution is 2.41. The summed E-state index contributed by atoms with van der Waals surface area (Å²) in [7, 11) is 2.09. The summed E-state index contributed by atoms with van der Waals surface area (Å²) in [6.45, 7) is 4.79. The molecule has 0 bridgehead atoms. The van der Waals surface area contributed by atoms with Gasteiger partial charge in [-0.3, -0.25) is 0 Å². The Morgan fingerprint density at radius 2 is 1.74 bits per heavy atom. The first-order valence-corrected chi connectivity index (χ1v) is 8.72. The van der Waals surface area contributed by atoms with Crippen LogP contribution in [0.1, 0.15) is 44.7 Å². The zero-order valence-electron chi connectivity index (χ0n) is 11.9. The third-order valence-electron chi connectivity index (χ3n) is 4.29. The summed E-state index contributed by atoms with van der Waals surface area (Å²) < 4.78 is 2.36. The van der Waals surface area contributed by atoms with E-state index < -0.39 is 0 Å². The van der Waals surface area contributed by atoms with Crippen LogP contribution in [-0.4, -0.2) is 7.05 Å². The lowest BCUT2D eigenvalue weighted by molar-refractivity contribution is 0.180. The maximum Gasteiger partial charge on any atom is 0.0358 e. The Balaban J connectivity index is 2.26. The van der Waals surface area contributed by atoms with Gasteiger partial charge in [0.05, 0.1) is 0 Å². The van der Waals surface area contributed by atoms with Gasteiger partial charge in [0.15, 0.2) is 0 Å². The maximum absolute atomic E-state index is 3.71. The van der Waals surface area contributed by atoms with Crippen molar-refractivity contribution in [2.45, 2.75) is 39.2 Å². The minimum absolute atomic E-state index is 0.442. The second-order valence-electron chi connectivity index (χ2n) is 6.11. The predicted octanol–water partition coefficient (Wildman–Crippen LogP) is 5.54. The van der Waals surface area contributed by atoms with Crippen LogP contribution in [0, 0.1) is 17.8 Å². The Hall–Kier alpha value is 0.140. The summed E-state index contributed by atoms with van der Waals surface area (Å²) in [5, 5.41) is 3.55. The summed E-state index contributed by atoms with van der Waals surface area (Å²) in [6.07, 6.45) is 4.04. The number of nitrogens with one attached hydrogen (secondary N) is 1. The van der Waals surface area contributed by atoms with Gasteiger partial charge in [-0.05, 0) is 67.8 Å². The van der Waals surface area contributed by atoms with Crippen molar-refractivity contribution in [1.29, 1.82) is 0 Å². The molecule has 1 aromatic rings. The fourth-order valence-electron chi connectivity index (χ4n) is 3.68. The molecule has 1 aromatic carbocycles. The minimum atomic E-state index is 0.442. The zero-order chi connectivity index (χ0) is 14.0. The first-order chi connectivity index (χ1) is 9.01. The van der Waals surface area contributed by atoms with Crippen LogP contribution in [-0.2, 0) is 0 Å². The first-order valence-electron chi connectivity index (χ1n) is 7.13. The Morgan fingerprint density at radius 3 is 2.32 bits per heavy atom. The van der Waals surface area contributed by atoms with Crippen molar-refractivity contribution in [3.63, 3.8) is 0 Å². The van der Waals surface area contributed by atoms with Crippen LogP contribution >= 0.6 is 31.9 Å². The molecule has 3 unspecified atom stereocenters. The fraction of sp³-hybridized carbons (Fsp3) is 0.625. The summed E-state index contributed by atoms with van der Waals surface area (Å²) >= 11 is 7.30. The van der Waals surface area contributed by atoms with Crippen LogP contribution < -0.4 is 5.32 Å². The van der Waals surface area contributed by atoms with Crippen molar-refractivity contribution in [3.05, 3.63) is 32.7 Å². The van der Waals surface area contributed by atoms with E-state index in [1.165, 1.54) is 29.3 Å². The first kappa shape index (κ1) is 15.5. The topological polar surface area (TPSA) is 12.0 Å². The van der Waals surface area contributed by atoms with Crippen molar-refractivity contribution >= 4 is 31.9 Å². The number of halogens is 2. The molecule has 0 saturated heterocycles. The van der Waals surface area contributed by atoms with Crippen LogP contribution in [0.2, 0.25) is 0 Å². The Bertz CT molecular complexity index is 423. The third kappa shape index (κ3) is 3.83. The molecule has 2 rings (SSSR count). The van der Waals surface area contributed by atoms with Crippen LogP contribution in [0.15, 0.2) is 27.1 Å². The van der Waals surface area contributed by atoms with Gasteiger partial charge in [-0.2, -0.15) is 0 Å². The molecule has 1 aliphatic rings. The average molecular weight is 389 g/mol. The summed E-state index contributed by atoms with van der Waals surface area (Å²) in [4.78, 5) is 0. The minimum Gasteiger partial charge on any atom is -0.313 e. The van der Waals surface area contributed by atoms with Gasteiger partial charge in [0.2, 0.25) is 0 Å². The smallest absolute Gasteiger partial charge is 0.0358 e. The van der Waals surface area contributed by atoms with Crippen LogP contribution in [0.5, 0.6) is 0 Å². The molecule has 3 atom stereocenters. The van der Waals surface area contributed by atoms with E-state index in [-0.39, 0.29) is 0 Å². The molecule has 0 aromatic heterocycles. The lowest BCUT2D eigenvalue weighted by Crippen LogP contribution is -2.31. The van der Waals surface area contributed by atoms with E-state index in [9.17, 15) is 0 Å². The van der Waals surface area contributed by atoms with Gasteiger partial charge >= 0.3 is 0 Å². The molecule has 0 aliphatic heterocycles. The third-order valence-corrected chi connectivity index (χ3v) is 5.51. The van der Waals surface area contributed by atoms with Crippen LogP contribution in [0.3, 0.4) is 0 Å². The summed E-state index contributed by atoms with van der Waals surface area (Å²) in [5.74, 6) is 2.42. The number of hydrogen-bond acceptors (Lipinski definition) is 1. The van der Waals surface area contributed by atoms with E-state index in [2.05, 4.69) is 76.3 Å². The molecule has 1 nitrogen and oxygen atoms in total. The van der Waals surface area contributed by atoms with Crippen molar-refractivity contribution in [2.24, 2.45) is 17.8 Å². The molecule has 1 saturated carbocycles. The SMILES string of the molecule is CNC(c1cc(Br)ccc1Br)C1CC(C)CC(C)C1. The molecule has 1 aliphatic carbocycles. The normalized spacial score (nSPS) is 29.2. The Kier molecular flexibility index (Phi) is 5.50. The number of hydrogen-bond donors (Lipinski definition) is 1. The second-order valence-corrected chi connectivity index (χ2v) is 7.88. The fourth-order valence-corrected chi connectivity index (χ4v) is 4.55. The maximum atomic E-state index is 3.71. The molecule has 3 heteroatoms. The van der Waals surface area contributed by atoms with Gasteiger partial charge in [0, 0.05) is 15.0 Å². The van der Waals surface area contributed by atoms with E-state index in [1.807, 2.05) is 0 Å². The molecule has 0 radical (unpaired) electrons. The van der Waals surface area contributed by atoms with Crippen LogP contribution in [0.4, 0.5) is 0 Å². The van der Waals surface area contributed by atoms with E-state index in [0.29, 0.717) is 6.04 Å². The molecular formula is C16H23Br2N. The van der Waals surface area contributed by atoms with Gasteiger partial charge in [0.25, 0.3) is 0 Å². The van der Waals surface area contributed by atoms with Crippen molar-refractivity contribution in [2.75, 3.05) is 7.05 Å². The van der Waals surface area contributed by atoms with Gasteiger partial charge in [-0.1, -0.05) is 45.7 Å².